The maximum absolute atomic E-state index is 11.2. The van der Waals surface area contributed by atoms with Crippen LogP contribution in [0.15, 0.2) is 42.5 Å². The van der Waals surface area contributed by atoms with Gasteiger partial charge in [0.25, 0.3) is 0 Å². The molecular formula is C23H34N2O2. The molecule has 2 rings (SSSR count). The molecule has 0 amide bonds. The number of esters is 1. The molecule has 0 radical (unpaired) electrons. The largest absolute Gasteiger partial charge is 0.469 e. The van der Waals surface area contributed by atoms with Crippen LogP contribution in [0.5, 0.6) is 0 Å². The normalized spacial score (nSPS) is 11.4. The zero-order valence-corrected chi connectivity index (χ0v) is 17.1. The number of hydrogen-bond donors (Lipinski definition) is 0. The molecule has 0 aliphatic heterocycles. The van der Waals surface area contributed by atoms with Crippen molar-refractivity contribution in [3.8, 4) is 0 Å². The topological polar surface area (TPSA) is 32.8 Å². The second-order valence-corrected chi connectivity index (χ2v) is 7.42. The number of hydrogen-bond acceptors (Lipinski definition) is 4. The number of benzene rings is 2. The Morgan fingerprint density at radius 2 is 1.67 bits per heavy atom. The molecule has 0 fully saturated rings. The Balaban J connectivity index is 1.86. The lowest BCUT2D eigenvalue weighted by atomic mass is 10.0. The van der Waals surface area contributed by atoms with Crippen molar-refractivity contribution in [1.29, 1.82) is 0 Å². The van der Waals surface area contributed by atoms with Gasteiger partial charge in [0.15, 0.2) is 0 Å². The Hall–Kier alpha value is -1.91. The van der Waals surface area contributed by atoms with Gasteiger partial charge in [-0.1, -0.05) is 48.9 Å². The van der Waals surface area contributed by atoms with Crippen molar-refractivity contribution in [2.45, 2.75) is 32.1 Å². The molecule has 2 aromatic carbocycles. The Morgan fingerprint density at radius 3 is 2.44 bits per heavy atom. The first-order valence-electron chi connectivity index (χ1n) is 10.0. The van der Waals surface area contributed by atoms with E-state index in [1.54, 1.807) is 0 Å². The second-order valence-electron chi connectivity index (χ2n) is 7.42. The van der Waals surface area contributed by atoms with Crippen LogP contribution in [-0.2, 0) is 16.0 Å². The number of rotatable bonds is 12. The maximum atomic E-state index is 11.2. The molecule has 4 heteroatoms. The lowest BCUT2D eigenvalue weighted by molar-refractivity contribution is -0.140. The molecule has 2 aromatic rings. The third-order valence-corrected chi connectivity index (χ3v) is 5.02. The number of ether oxygens (including phenoxy) is 1. The average Bonchev–Trinajstić information content (AvgIpc) is 2.68. The van der Waals surface area contributed by atoms with E-state index in [4.69, 9.17) is 4.74 Å². The van der Waals surface area contributed by atoms with Gasteiger partial charge in [0.1, 0.15) is 0 Å². The van der Waals surface area contributed by atoms with Crippen LogP contribution < -0.4 is 0 Å². The number of carbonyl (C=O) groups is 1. The summed E-state index contributed by atoms with van der Waals surface area (Å²) in [5, 5.41) is 2.68. The van der Waals surface area contributed by atoms with Gasteiger partial charge in [-0.3, -0.25) is 4.79 Å². The van der Waals surface area contributed by atoms with E-state index in [1.807, 2.05) is 0 Å². The van der Waals surface area contributed by atoms with Crippen molar-refractivity contribution in [2.24, 2.45) is 0 Å². The summed E-state index contributed by atoms with van der Waals surface area (Å²) in [6.45, 7) is 4.30. The molecule has 0 aliphatic rings. The standard InChI is InChI=1S/C23H34N2O2/c1-24(2)18-19-25(16-8-4-5-14-23(26)27-3)17-15-21-12-9-11-20-10-6-7-13-22(20)21/h6-7,9-13H,4-5,8,14-19H2,1-3H3. The van der Waals surface area contributed by atoms with Gasteiger partial charge < -0.3 is 14.5 Å². The second kappa shape index (κ2) is 11.7. The molecule has 4 nitrogen and oxygen atoms in total. The highest BCUT2D eigenvalue weighted by Gasteiger charge is 2.08. The third-order valence-electron chi connectivity index (χ3n) is 5.02. The van der Waals surface area contributed by atoms with Crippen molar-refractivity contribution in [1.82, 2.24) is 9.80 Å². The number of unbranched alkanes of at least 4 members (excludes halogenated alkanes) is 2. The van der Waals surface area contributed by atoms with E-state index in [2.05, 4.69) is 66.4 Å². The van der Waals surface area contributed by atoms with Crippen LogP contribution in [0.3, 0.4) is 0 Å². The molecule has 0 atom stereocenters. The van der Waals surface area contributed by atoms with Gasteiger partial charge in [-0.25, -0.2) is 0 Å². The molecule has 0 spiro atoms. The quantitative estimate of drug-likeness (QED) is 0.418. The van der Waals surface area contributed by atoms with E-state index in [0.29, 0.717) is 6.42 Å². The Bertz CT molecular complexity index is 694. The average molecular weight is 371 g/mol. The van der Waals surface area contributed by atoms with E-state index in [9.17, 15) is 4.79 Å². The Morgan fingerprint density at radius 1 is 0.889 bits per heavy atom. The Kier molecular flexibility index (Phi) is 9.29. The predicted molar refractivity (Wildman–Crippen MR) is 113 cm³/mol. The van der Waals surface area contributed by atoms with Crippen molar-refractivity contribution in [3.63, 3.8) is 0 Å². The number of nitrogens with zero attached hydrogens (tertiary/aromatic N) is 2. The minimum atomic E-state index is -0.101. The van der Waals surface area contributed by atoms with Gasteiger partial charge in [0, 0.05) is 26.1 Å². The van der Waals surface area contributed by atoms with E-state index in [-0.39, 0.29) is 5.97 Å². The fraction of sp³-hybridized carbons (Fsp3) is 0.522. The summed E-state index contributed by atoms with van der Waals surface area (Å²) in [7, 11) is 5.71. The van der Waals surface area contributed by atoms with Crippen molar-refractivity contribution < 1.29 is 9.53 Å². The zero-order valence-electron chi connectivity index (χ0n) is 17.1. The number of methoxy groups -OCH3 is 1. The summed E-state index contributed by atoms with van der Waals surface area (Å²) in [6, 6.07) is 15.2. The number of likely N-dealkylation sites (N-methyl/N-ethyl adjacent to an activating group) is 1. The lowest BCUT2D eigenvalue weighted by Crippen LogP contribution is -2.34. The summed E-state index contributed by atoms with van der Waals surface area (Å²) in [4.78, 5) is 16.0. The van der Waals surface area contributed by atoms with Crippen molar-refractivity contribution in [3.05, 3.63) is 48.0 Å². The zero-order chi connectivity index (χ0) is 19.5. The molecule has 0 saturated carbocycles. The number of fused-ring (bicyclic) bond motifs is 1. The molecule has 0 aromatic heterocycles. The molecule has 148 valence electrons. The first-order valence-corrected chi connectivity index (χ1v) is 10.0. The lowest BCUT2D eigenvalue weighted by Gasteiger charge is -2.24. The van der Waals surface area contributed by atoms with E-state index < -0.39 is 0 Å². The van der Waals surface area contributed by atoms with Crippen molar-refractivity contribution >= 4 is 16.7 Å². The van der Waals surface area contributed by atoms with Gasteiger partial charge in [0.2, 0.25) is 0 Å². The predicted octanol–water partition coefficient (Wildman–Crippen LogP) is 3.98. The smallest absolute Gasteiger partial charge is 0.305 e. The Labute approximate surface area is 164 Å². The van der Waals surface area contributed by atoms with E-state index in [1.165, 1.54) is 23.4 Å². The van der Waals surface area contributed by atoms with Gasteiger partial charge in [-0.15, -0.1) is 0 Å². The minimum Gasteiger partial charge on any atom is -0.469 e. The first-order chi connectivity index (χ1) is 13.1. The fourth-order valence-electron chi connectivity index (χ4n) is 3.35. The van der Waals surface area contributed by atoms with E-state index in [0.717, 1.165) is 51.9 Å². The van der Waals surface area contributed by atoms with Gasteiger partial charge in [-0.2, -0.15) is 0 Å². The molecular weight excluding hydrogens is 336 g/mol. The van der Waals surface area contributed by atoms with E-state index >= 15 is 0 Å². The van der Waals surface area contributed by atoms with Gasteiger partial charge in [-0.05, 0) is 56.2 Å². The van der Waals surface area contributed by atoms with Gasteiger partial charge >= 0.3 is 5.97 Å². The number of carbonyl (C=O) groups excluding carboxylic acids is 1. The SMILES string of the molecule is COC(=O)CCCCCN(CCc1cccc2ccccc12)CCN(C)C. The maximum Gasteiger partial charge on any atom is 0.305 e. The highest BCUT2D eigenvalue weighted by molar-refractivity contribution is 5.85. The van der Waals surface area contributed by atoms with Crippen LogP contribution in [-0.4, -0.2) is 63.2 Å². The molecule has 0 aliphatic carbocycles. The molecule has 0 heterocycles. The fourth-order valence-corrected chi connectivity index (χ4v) is 3.35. The molecule has 0 bridgehead atoms. The molecule has 27 heavy (non-hydrogen) atoms. The van der Waals surface area contributed by atoms with Crippen LogP contribution in [0, 0.1) is 0 Å². The summed E-state index contributed by atoms with van der Waals surface area (Å²) in [6.07, 6.45) is 4.71. The van der Waals surface area contributed by atoms with Crippen LogP contribution in [0.2, 0.25) is 0 Å². The summed E-state index contributed by atoms with van der Waals surface area (Å²) in [5.41, 5.74) is 1.42. The van der Waals surface area contributed by atoms with Crippen LogP contribution in [0.4, 0.5) is 0 Å². The minimum absolute atomic E-state index is 0.101. The summed E-state index contributed by atoms with van der Waals surface area (Å²) < 4.78 is 4.71. The summed E-state index contributed by atoms with van der Waals surface area (Å²) in [5.74, 6) is -0.101. The molecule has 0 N–H and O–H groups in total. The molecule has 0 saturated heterocycles. The van der Waals surface area contributed by atoms with Crippen molar-refractivity contribution in [2.75, 3.05) is 47.4 Å². The first kappa shape index (κ1) is 21.4. The highest BCUT2D eigenvalue weighted by Crippen LogP contribution is 2.19. The molecule has 0 unspecified atom stereocenters. The van der Waals surface area contributed by atoms with Crippen LogP contribution >= 0.6 is 0 Å². The van der Waals surface area contributed by atoms with Crippen LogP contribution in [0.1, 0.15) is 31.2 Å². The highest BCUT2D eigenvalue weighted by atomic mass is 16.5. The van der Waals surface area contributed by atoms with Crippen LogP contribution in [0.25, 0.3) is 10.8 Å². The van der Waals surface area contributed by atoms with Gasteiger partial charge in [0.05, 0.1) is 7.11 Å². The summed E-state index contributed by atoms with van der Waals surface area (Å²) >= 11 is 0. The third kappa shape index (κ3) is 7.69. The monoisotopic (exact) mass is 370 g/mol.